The molecule has 0 aliphatic rings. The molecule has 1 amide bonds. The second-order valence-electron chi connectivity index (χ2n) is 4.14. The Kier molecular flexibility index (Phi) is 3.48. The van der Waals surface area contributed by atoms with Gasteiger partial charge in [0.2, 0.25) is 5.91 Å². The highest BCUT2D eigenvalue weighted by Crippen LogP contribution is 2.22. The van der Waals surface area contributed by atoms with E-state index in [9.17, 15) is 4.79 Å². The van der Waals surface area contributed by atoms with Crippen molar-refractivity contribution in [3.8, 4) is 0 Å². The highest BCUT2D eigenvalue weighted by molar-refractivity contribution is 5.88. The maximum absolute atomic E-state index is 10.9. The van der Waals surface area contributed by atoms with E-state index in [0.717, 1.165) is 11.3 Å². The molecule has 0 heterocycles. The summed E-state index contributed by atoms with van der Waals surface area (Å²) in [5.41, 5.74) is 1.90. The van der Waals surface area contributed by atoms with Gasteiger partial charge in [-0.1, -0.05) is 12.1 Å². The molecule has 3 nitrogen and oxygen atoms in total. The lowest BCUT2D eigenvalue weighted by molar-refractivity contribution is -0.114. The van der Waals surface area contributed by atoms with Gasteiger partial charge in [0.05, 0.1) is 0 Å². The predicted molar refractivity (Wildman–Crippen MR) is 62.8 cm³/mol. The summed E-state index contributed by atoms with van der Waals surface area (Å²) in [6.45, 7) is 5.70. The smallest absolute Gasteiger partial charge is 0.221 e. The normalized spacial score (nSPS) is 11.2. The molecule has 0 bridgehead atoms. The Morgan fingerprint density at radius 3 is 2.53 bits per heavy atom. The van der Waals surface area contributed by atoms with E-state index in [4.69, 9.17) is 0 Å². The molecule has 82 valence electrons. The summed E-state index contributed by atoms with van der Waals surface area (Å²) >= 11 is 0. The van der Waals surface area contributed by atoms with Crippen LogP contribution in [0.4, 0.5) is 5.69 Å². The van der Waals surface area contributed by atoms with Crippen LogP contribution in [0.25, 0.3) is 0 Å². The molecule has 0 fully saturated rings. The third-order valence-electron chi connectivity index (χ3n) is 2.53. The van der Waals surface area contributed by atoms with E-state index in [0.29, 0.717) is 0 Å². The Bertz CT molecular complexity index is 358. The van der Waals surface area contributed by atoms with Gasteiger partial charge in [0, 0.05) is 18.2 Å². The summed E-state index contributed by atoms with van der Waals surface area (Å²) in [6.07, 6.45) is 0. The van der Waals surface area contributed by atoms with Crippen LogP contribution in [-0.2, 0) is 10.3 Å². The molecule has 1 rings (SSSR count). The molecule has 1 aromatic rings. The first-order chi connectivity index (χ1) is 6.95. The highest BCUT2D eigenvalue weighted by Gasteiger charge is 2.17. The SMILES string of the molecule is CNC(C)(C)c1cccc(NC(C)=O)c1. The molecule has 1 aromatic carbocycles. The van der Waals surface area contributed by atoms with Crippen molar-refractivity contribution in [3.63, 3.8) is 0 Å². The fourth-order valence-electron chi connectivity index (χ4n) is 1.33. The molecule has 0 radical (unpaired) electrons. The summed E-state index contributed by atoms with van der Waals surface area (Å²) < 4.78 is 0. The van der Waals surface area contributed by atoms with Crippen LogP contribution in [0.5, 0.6) is 0 Å². The van der Waals surface area contributed by atoms with Gasteiger partial charge >= 0.3 is 0 Å². The molecule has 0 unspecified atom stereocenters. The van der Waals surface area contributed by atoms with Crippen molar-refractivity contribution in [1.29, 1.82) is 0 Å². The zero-order chi connectivity index (χ0) is 11.5. The van der Waals surface area contributed by atoms with Crippen molar-refractivity contribution in [2.24, 2.45) is 0 Å². The Labute approximate surface area is 90.9 Å². The monoisotopic (exact) mass is 206 g/mol. The fourth-order valence-corrected chi connectivity index (χ4v) is 1.33. The van der Waals surface area contributed by atoms with Gasteiger partial charge in [-0.05, 0) is 38.6 Å². The number of hydrogen-bond acceptors (Lipinski definition) is 2. The van der Waals surface area contributed by atoms with E-state index in [1.165, 1.54) is 6.92 Å². The number of carbonyl (C=O) groups excluding carboxylic acids is 1. The topological polar surface area (TPSA) is 41.1 Å². The minimum Gasteiger partial charge on any atom is -0.326 e. The van der Waals surface area contributed by atoms with Crippen LogP contribution in [0.15, 0.2) is 24.3 Å². The zero-order valence-electron chi connectivity index (χ0n) is 9.72. The van der Waals surface area contributed by atoms with E-state index in [1.807, 2.05) is 31.3 Å². The number of rotatable bonds is 3. The Balaban J connectivity index is 2.97. The molecule has 0 spiro atoms. The van der Waals surface area contributed by atoms with Crippen LogP contribution in [0, 0.1) is 0 Å². The average Bonchev–Trinajstić information content (AvgIpc) is 2.17. The van der Waals surface area contributed by atoms with E-state index >= 15 is 0 Å². The molecule has 0 aromatic heterocycles. The molecule has 15 heavy (non-hydrogen) atoms. The van der Waals surface area contributed by atoms with Gasteiger partial charge < -0.3 is 10.6 Å². The van der Waals surface area contributed by atoms with Crippen molar-refractivity contribution < 1.29 is 4.79 Å². The number of benzene rings is 1. The van der Waals surface area contributed by atoms with Crippen molar-refractivity contribution in [2.75, 3.05) is 12.4 Å². The Morgan fingerprint density at radius 1 is 1.33 bits per heavy atom. The highest BCUT2D eigenvalue weighted by atomic mass is 16.1. The molecular weight excluding hydrogens is 188 g/mol. The minimum atomic E-state index is -0.0888. The maximum Gasteiger partial charge on any atom is 0.221 e. The average molecular weight is 206 g/mol. The summed E-state index contributed by atoms with van der Waals surface area (Å²) in [7, 11) is 1.92. The molecule has 0 aliphatic heterocycles. The zero-order valence-corrected chi connectivity index (χ0v) is 9.72. The lowest BCUT2D eigenvalue weighted by atomic mass is 9.94. The van der Waals surface area contributed by atoms with E-state index in [2.05, 4.69) is 24.5 Å². The van der Waals surface area contributed by atoms with Crippen molar-refractivity contribution in [2.45, 2.75) is 26.3 Å². The third-order valence-corrected chi connectivity index (χ3v) is 2.53. The molecular formula is C12H18N2O. The summed E-state index contributed by atoms with van der Waals surface area (Å²) in [5.74, 6) is -0.0468. The van der Waals surface area contributed by atoms with E-state index in [-0.39, 0.29) is 11.4 Å². The van der Waals surface area contributed by atoms with Crippen molar-refractivity contribution >= 4 is 11.6 Å². The third kappa shape index (κ3) is 3.06. The number of hydrogen-bond donors (Lipinski definition) is 2. The summed E-state index contributed by atoms with van der Waals surface area (Å²) in [4.78, 5) is 10.9. The second-order valence-corrected chi connectivity index (χ2v) is 4.14. The van der Waals surface area contributed by atoms with Crippen LogP contribution in [0.2, 0.25) is 0 Å². The maximum atomic E-state index is 10.9. The minimum absolute atomic E-state index is 0.0468. The van der Waals surface area contributed by atoms with Crippen LogP contribution >= 0.6 is 0 Å². The molecule has 2 N–H and O–H groups in total. The summed E-state index contributed by atoms with van der Waals surface area (Å²) in [6, 6.07) is 7.86. The van der Waals surface area contributed by atoms with Crippen LogP contribution < -0.4 is 10.6 Å². The number of amides is 1. The second kappa shape index (κ2) is 4.45. The van der Waals surface area contributed by atoms with Gasteiger partial charge in [-0.3, -0.25) is 4.79 Å². The largest absolute Gasteiger partial charge is 0.326 e. The van der Waals surface area contributed by atoms with Crippen molar-refractivity contribution in [1.82, 2.24) is 5.32 Å². The van der Waals surface area contributed by atoms with E-state index < -0.39 is 0 Å². The number of nitrogens with one attached hydrogen (secondary N) is 2. The van der Waals surface area contributed by atoms with Crippen LogP contribution in [0.1, 0.15) is 26.3 Å². The van der Waals surface area contributed by atoms with Crippen molar-refractivity contribution in [3.05, 3.63) is 29.8 Å². The first-order valence-electron chi connectivity index (χ1n) is 5.03. The quantitative estimate of drug-likeness (QED) is 0.795. The first kappa shape index (κ1) is 11.7. The van der Waals surface area contributed by atoms with Gasteiger partial charge in [-0.2, -0.15) is 0 Å². The van der Waals surface area contributed by atoms with E-state index in [1.54, 1.807) is 0 Å². The Morgan fingerprint density at radius 2 is 2.00 bits per heavy atom. The molecule has 0 saturated heterocycles. The number of anilines is 1. The van der Waals surface area contributed by atoms with Crippen LogP contribution in [0.3, 0.4) is 0 Å². The first-order valence-corrected chi connectivity index (χ1v) is 5.03. The lowest BCUT2D eigenvalue weighted by Gasteiger charge is -2.25. The van der Waals surface area contributed by atoms with Gasteiger partial charge in [0.25, 0.3) is 0 Å². The molecule has 3 heteroatoms. The fraction of sp³-hybridized carbons (Fsp3) is 0.417. The molecule has 0 atom stereocenters. The standard InChI is InChI=1S/C12H18N2O/c1-9(15)14-11-7-5-6-10(8-11)12(2,3)13-4/h5-8,13H,1-4H3,(H,14,15). The van der Waals surface area contributed by atoms with Gasteiger partial charge in [-0.25, -0.2) is 0 Å². The number of carbonyl (C=O) groups is 1. The van der Waals surface area contributed by atoms with Gasteiger partial charge in [-0.15, -0.1) is 0 Å². The molecule has 0 aliphatic carbocycles. The Hall–Kier alpha value is -1.35. The summed E-state index contributed by atoms with van der Waals surface area (Å²) in [5, 5.41) is 6.00. The lowest BCUT2D eigenvalue weighted by Crippen LogP contribution is -2.33. The van der Waals surface area contributed by atoms with Gasteiger partial charge in [0.1, 0.15) is 0 Å². The van der Waals surface area contributed by atoms with Gasteiger partial charge in [0.15, 0.2) is 0 Å². The predicted octanol–water partition coefficient (Wildman–Crippen LogP) is 2.10. The molecule has 0 saturated carbocycles. The van der Waals surface area contributed by atoms with Crippen LogP contribution in [-0.4, -0.2) is 13.0 Å².